The maximum absolute atomic E-state index is 13.7. The first-order chi connectivity index (χ1) is 14.4. The highest BCUT2D eigenvalue weighted by Crippen LogP contribution is 2.36. The first-order valence-electron chi connectivity index (χ1n) is 10.0. The third kappa shape index (κ3) is 3.66. The zero-order valence-corrected chi connectivity index (χ0v) is 17.7. The van der Waals surface area contributed by atoms with Gasteiger partial charge in [0.05, 0.1) is 22.2 Å². The minimum Gasteiger partial charge on any atom is -0.338 e. The summed E-state index contributed by atoms with van der Waals surface area (Å²) in [5.74, 6) is -0.155. The van der Waals surface area contributed by atoms with E-state index in [0.29, 0.717) is 31.6 Å². The molecule has 0 radical (unpaired) electrons. The fourth-order valence-corrected chi connectivity index (χ4v) is 5.83. The maximum Gasteiger partial charge on any atom is 0.265 e. The van der Waals surface area contributed by atoms with Crippen molar-refractivity contribution in [1.82, 2.24) is 9.80 Å². The Morgan fingerprint density at radius 1 is 1.07 bits per heavy atom. The Labute approximate surface area is 177 Å². The maximum atomic E-state index is 13.7. The van der Waals surface area contributed by atoms with Gasteiger partial charge in [-0.2, -0.15) is 5.26 Å². The number of hydrogen-bond donors (Lipinski definition) is 0. The molecule has 8 heteroatoms. The predicted octanol–water partition coefficient (Wildman–Crippen LogP) is 1.84. The van der Waals surface area contributed by atoms with Crippen molar-refractivity contribution in [1.29, 1.82) is 5.26 Å². The number of para-hydroxylation sites is 1. The summed E-state index contributed by atoms with van der Waals surface area (Å²) in [6.45, 7) is 2.72. The van der Waals surface area contributed by atoms with E-state index >= 15 is 0 Å². The second kappa shape index (κ2) is 8.09. The number of likely N-dealkylation sites (N-methyl/N-ethyl adjacent to an activating group) is 1. The summed E-state index contributed by atoms with van der Waals surface area (Å²) in [4.78, 5) is 17.4. The SMILES string of the molecule is CN1CCN(C(=O)C2CCc3ccccc3N2S(=O)(=O)c2cccc(C#N)c2)CC1. The molecule has 0 bridgehead atoms. The number of anilines is 1. The molecule has 1 amide bonds. The predicted molar refractivity (Wildman–Crippen MR) is 113 cm³/mol. The van der Waals surface area contributed by atoms with Crippen LogP contribution in [0.1, 0.15) is 17.5 Å². The third-order valence-electron chi connectivity index (χ3n) is 5.82. The lowest BCUT2D eigenvalue weighted by atomic mass is 9.97. The van der Waals surface area contributed by atoms with Gasteiger partial charge in [-0.1, -0.05) is 24.3 Å². The van der Waals surface area contributed by atoms with Crippen LogP contribution in [0.4, 0.5) is 5.69 Å². The van der Waals surface area contributed by atoms with E-state index in [-0.39, 0.29) is 16.4 Å². The van der Waals surface area contributed by atoms with E-state index < -0.39 is 16.1 Å². The van der Waals surface area contributed by atoms with E-state index in [9.17, 15) is 18.5 Å². The second-order valence-electron chi connectivity index (χ2n) is 7.75. The molecule has 0 aliphatic carbocycles. The number of fused-ring (bicyclic) bond motifs is 1. The highest BCUT2D eigenvalue weighted by atomic mass is 32.2. The largest absolute Gasteiger partial charge is 0.338 e. The number of nitriles is 1. The lowest BCUT2D eigenvalue weighted by Crippen LogP contribution is -2.56. The number of piperazine rings is 1. The number of benzene rings is 2. The van der Waals surface area contributed by atoms with Crippen molar-refractivity contribution >= 4 is 21.6 Å². The van der Waals surface area contributed by atoms with Crippen molar-refractivity contribution in [3.8, 4) is 6.07 Å². The molecule has 2 aromatic carbocycles. The summed E-state index contributed by atoms with van der Waals surface area (Å²) in [6.07, 6.45) is 1.07. The van der Waals surface area contributed by atoms with Gasteiger partial charge < -0.3 is 9.80 Å². The van der Waals surface area contributed by atoms with Crippen molar-refractivity contribution in [3.05, 3.63) is 59.7 Å². The molecular weight excluding hydrogens is 400 g/mol. The van der Waals surface area contributed by atoms with E-state index in [1.165, 1.54) is 16.4 Å². The van der Waals surface area contributed by atoms with Crippen LogP contribution in [0.3, 0.4) is 0 Å². The van der Waals surface area contributed by atoms with Crippen LogP contribution in [-0.2, 0) is 21.2 Å². The van der Waals surface area contributed by atoms with Gasteiger partial charge in [0.15, 0.2) is 0 Å². The number of carbonyl (C=O) groups is 1. The Balaban J connectivity index is 1.77. The molecule has 156 valence electrons. The smallest absolute Gasteiger partial charge is 0.265 e. The van der Waals surface area contributed by atoms with Gasteiger partial charge in [0.25, 0.3) is 10.0 Å². The van der Waals surface area contributed by atoms with Crippen LogP contribution in [-0.4, -0.2) is 63.4 Å². The van der Waals surface area contributed by atoms with E-state index in [4.69, 9.17) is 0 Å². The molecule has 2 aliphatic rings. The Hall–Kier alpha value is -2.89. The van der Waals surface area contributed by atoms with Crippen LogP contribution in [0.25, 0.3) is 0 Å². The van der Waals surface area contributed by atoms with Crippen molar-refractivity contribution < 1.29 is 13.2 Å². The van der Waals surface area contributed by atoms with Gasteiger partial charge in [-0.25, -0.2) is 8.42 Å². The van der Waals surface area contributed by atoms with Crippen molar-refractivity contribution in [2.75, 3.05) is 37.5 Å². The van der Waals surface area contributed by atoms with Crippen molar-refractivity contribution in [3.63, 3.8) is 0 Å². The molecule has 2 aliphatic heterocycles. The summed E-state index contributed by atoms with van der Waals surface area (Å²) in [5.41, 5.74) is 1.71. The standard InChI is InChI=1S/C22H24N4O3S/c1-24-11-13-25(14-12-24)22(27)21-10-9-18-6-2-3-8-20(18)26(21)30(28,29)19-7-4-5-17(15-19)16-23/h2-8,15,21H,9-14H2,1H3. The van der Waals surface area contributed by atoms with Gasteiger partial charge in [-0.15, -0.1) is 0 Å². The molecule has 1 unspecified atom stereocenters. The van der Waals surface area contributed by atoms with E-state index in [0.717, 1.165) is 18.7 Å². The molecule has 1 fully saturated rings. The van der Waals surface area contributed by atoms with Crippen LogP contribution in [0.2, 0.25) is 0 Å². The number of rotatable bonds is 3. The molecule has 4 rings (SSSR count). The van der Waals surface area contributed by atoms with Gasteiger partial charge in [0.1, 0.15) is 6.04 Å². The minimum atomic E-state index is -4.03. The molecule has 1 atom stereocenters. The third-order valence-corrected chi connectivity index (χ3v) is 7.64. The first-order valence-corrected chi connectivity index (χ1v) is 11.5. The summed E-state index contributed by atoms with van der Waals surface area (Å²) in [7, 11) is -2.02. The lowest BCUT2D eigenvalue weighted by Gasteiger charge is -2.41. The first kappa shape index (κ1) is 20.4. The van der Waals surface area contributed by atoms with E-state index in [2.05, 4.69) is 4.90 Å². The normalized spacial score (nSPS) is 19.8. The van der Waals surface area contributed by atoms with Crippen molar-refractivity contribution in [2.24, 2.45) is 0 Å². The molecule has 0 N–H and O–H groups in total. The average Bonchev–Trinajstić information content (AvgIpc) is 2.78. The molecule has 0 spiro atoms. The molecule has 1 saturated heterocycles. The van der Waals surface area contributed by atoms with Crippen LogP contribution in [0.15, 0.2) is 53.4 Å². The molecule has 7 nitrogen and oxygen atoms in total. The zero-order chi connectivity index (χ0) is 21.3. The number of hydrogen-bond acceptors (Lipinski definition) is 5. The quantitative estimate of drug-likeness (QED) is 0.751. The molecule has 0 aromatic heterocycles. The minimum absolute atomic E-state index is 0.0226. The number of amides is 1. The topological polar surface area (TPSA) is 84.7 Å². The fourth-order valence-electron chi connectivity index (χ4n) is 4.11. The average molecular weight is 425 g/mol. The Bertz CT molecular complexity index is 1100. The lowest BCUT2D eigenvalue weighted by molar-refractivity contribution is -0.134. The Morgan fingerprint density at radius 2 is 1.80 bits per heavy atom. The molecule has 0 saturated carbocycles. The number of carbonyl (C=O) groups excluding carboxylic acids is 1. The van der Waals surface area contributed by atoms with Gasteiger partial charge >= 0.3 is 0 Å². The highest BCUT2D eigenvalue weighted by molar-refractivity contribution is 7.93. The molecular formula is C22H24N4O3S. The number of nitrogens with zero attached hydrogens (tertiary/aromatic N) is 4. The van der Waals surface area contributed by atoms with Gasteiger partial charge in [0, 0.05) is 26.2 Å². The molecule has 30 heavy (non-hydrogen) atoms. The highest BCUT2D eigenvalue weighted by Gasteiger charge is 2.41. The summed E-state index contributed by atoms with van der Waals surface area (Å²) in [6, 6.07) is 14.5. The van der Waals surface area contributed by atoms with Gasteiger partial charge in [0.2, 0.25) is 5.91 Å². The fraction of sp³-hybridized carbons (Fsp3) is 0.364. The van der Waals surface area contributed by atoms with Crippen LogP contribution in [0.5, 0.6) is 0 Å². The van der Waals surface area contributed by atoms with E-state index in [1.807, 2.05) is 25.2 Å². The van der Waals surface area contributed by atoms with Gasteiger partial charge in [-0.05, 0) is 49.7 Å². The van der Waals surface area contributed by atoms with Crippen LogP contribution in [0, 0.1) is 11.3 Å². The molecule has 2 aromatic rings. The zero-order valence-electron chi connectivity index (χ0n) is 16.9. The number of sulfonamides is 1. The van der Waals surface area contributed by atoms with Crippen molar-refractivity contribution in [2.45, 2.75) is 23.8 Å². The second-order valence-corrected chi connectivity index (χ2v) is 9.57. The Morgan fingerprint density at radius 3 is 2.53 bits per heavy atom. The van der Waals surface area contributed by atoms with Crippen LogP contribution < -0.4 is 4.31 Å². The molecule has 2 heterocycles. The Kier molecular flexibility index (Phi) is 5.50. The van der Waals surface area contributed by atoms with E-state index in [1.54, 1.807) is 29.2 Å². The van der Waals surface area contributed by atoms with Gasteiger partial charge in [-0.3, -0.25) is 9.10 Å². The number of aryl methyl sites for hydroxylation is 1. The summed E-state index contributed by atoms with van der Waals surface area (Å²) < 4.78 is 28.7. The monoisotopic (exact) mass is 424 g/mol. The summed E-state index contributed by atoms with van der Waals surface area (Å²) in [5, 5.41) is 9.20. The van der Waals surface area contributed by atoms with Crippen LogP contribution >= 0.6 is 0 Å². The summed E-state index contributed by atoms with van der Waals surface area (Å²) >= 11 is 0.